The second kappa shape index (κ2) is 10.4. The lowest BCUT2D eigenvalue weighted by Crippen LogP contribution is -2.20. The Labute approximate surface area is 193 Å². The quantitative estimate of drug-likeness (QED) is 0.293. The van der Waals surface area contributed by atoms with Crippen LogP contribution in [0, 0.1) is 0 Å². The third-order valence-electron chi connectivity index (χ3n) is 4.82. The number of ether oxygens (including phenoxy) is 4. The Balaban J connectivity index is 1.67. The number of methoxy groups -OCH3 is 1. The fourth-order valence-electron chi connectivity index (χ4n) is 2.97. The number of carbonyl (C=O) groups excluding carboxylic acids is 1. The maximum absolute atomic E-state index is 12.4. The van der Waals surface area contributed by atoms with Crippen LogP contribution < -0.4 is 14.2 Å². The van der Waals surface area contributed by atoms with Gasteiger partial charge in [0, 0.05) is 10.6 Å². The van der Waals surface area contributed by atoms with Gasteiger partial charge in [-0.3, -0.25) is 0 Å². The summed E-state index contributed by atoms with van der Waals surface area (Å²) in [5.74, 6) is 1.37. The first-order chi connectivity index (χ1) is 15.3. The zero-order chi connectivity index (χ0) is 23.1. The van der Waals surface area contributed by atoms with Gasteiger partial charge in [-0.1, -0.05) is 56.6 Å². The van der Waals surface area contributed by atoms with E-state index in [1.165, 1.54) is 7.11 Å². The molecule has 0 aliphatic heterocycles. The first-order valence-corrected chi connectivity index (χ1v) is 10.6. The van der Waals surface area contributed by atoms with Crippen LogP contribution in [0.5, 0.6) is 17.2 Å². The van der Waals surface area contributed by atoms with Gasteiger partial charge in [0.25, 0.3) is 0 Å². The lowest BCUT2D eigenvalue weighted by atomic mass is 9.87. The molecule has 0 aliphatic carbocycles. The number of hydrogen-bond acceptors (Lipinski definition) is 5. The van der Waals surface area contributed by atoms with Crippen molar-refractivity contribution in [3.63, 3.8) is 0 Å². The van der Waals surface area contributed by atoms with Crippen LogP contribution >= 0.6 is 11.6 Å². The van der Waals surface area contributed by atoms with Gasteiger partial charge in [-0.2, -0.15) is 0 Å². The molecule has 1 atom stereocenters. The fraction of sp³-hybridized carbons (Fsp3) is 0.269. The molecule has 3 aromatic rings. The maximum Gasteiger partial charge on any atom is 0.351 e. The lowest BCUT2D eigenvalue weighted by molar-refractivity contribution is -0.149. The molecule has 0 spiro atoms. The summed E-state index contributed by atoms with van der Waals surface area (Å²) >= 11 is 5.86. The molecule has 6 heteroatoms. The average Bonchev–Trinajstić information content (AvgIpc) is 2.78. The van der Waals surface area contributed by atoms with E-state index in [1.807, 2.05) is 24.3 Å². The van der Waals surface area contributed by atoms with Gasteiger partial charge in [-0.25, -0.2) is 4.79 Å². The van der Waals surface area contributed by atoms with Gasteiger partial charge >= 0.3 is 5.97 Å². The molecule has 0 amide bonds. The first-order valence-electron chi connectivity index (χ1n) is 10.2. The highest BCUT2D eigenvalue weighted by atomic mass is 35.5. The minimum atomic E-state index is -0.894. The van der Waals surface area contributed by atoms with Crippen LogP contribution in [0.3, 0.4) is 0 Å². The van der Waals surface area contributed by atoms with Crippen LogP contribution in [-0.2, 0) is 14.9 Å². The maximum atomic E-state index is 12.4. The molecule has 0 saturated heterocycles. The van der Waals surface area contributed by atoms with Crippen LogP contribution in [0.25, 0.3) is 0 Å². The topological polar surface area (TPSA) is 54.0 Å². The third-order valence-corrected chi connectivity index (χ3v) is 5.07. The molecule has 0 saturated carbocycles. The molecular weight excluding hydrogens is 428 g/mol. The minimum Gasteiger partial charge on any atom is -0.474 e. The van der Waals surface area contributed by atoms with Gasteiger partial charge in [-0.15, -0.1) is 0 Å². The fourth-order valence-corrected chi connectivity index (χ4v) is 3.09. The van der Waals surface area contributed by atoms with E-state index < -0.39 is 12.1 Å². The highest BCUT2D eigenvalue weighted by Gasteiger charge is 2.24. The summed E-state index contributed by atoms with van der Waals surface area (Å²) in [6.07, 6.45) is -0.894. The predicted octanol–water partition coefficient (Wildman–Crippen LogP) is 6.35. The van der Waals surface area contributed by atoms with E-state index in [4.69, 9.17) is 30.5 Å². The van der Waals surface area contributed by atoms with Crippen molar-refractivity contribution >= 4 is 17.6 Å². The number of halogens is 1. The average molecular weight is 455 g/mol. The smallest absolute Gasteiger partial charge is 0.351 e. The molecule has 168 valence electrons. The number of carbonyl (C=O) groups is 1. The highest BCUT2D eigenvalue weighted by molar-refractivity contribution is 6.30. The van der Waals surface area contributed by atoms with Gasteiger partial charge < -0.3 is 18.9 Å². The van der Waals surface area contributed by atoms with Crippen LogP contribution in [-0.4, -0.2) is 19.9 Å². The Morgan fingerprint density at radius 1 is 0.875 bits per heavy atom. The van der Waals surface area contributed by atoms with Crippen LogP contribution in [0.2, 0.25) is 5.02 Å². The van der Waals surface area contributed by atoms with Gasteiger partial charge in [-0.05, 0) is 59.5 Å². The molecule has 0 N–H and O–H groups in total. The monoisotopic (exact) mass is 454 g/mol. The molecule has 0 heterocycles. The number of benzene rings is 3. The van der Waals surface area contributed by atoms with Crippen molar-refractivity contribution in [1.82, 2.24) is 0 Å². The van der Waals surface area contributed by atoms with Crippen molar-refractivity contribution < 1.29 is 23.7 Å². The number of rotatable bonds is 8. The van der Waals surface area contributed by atoms with Crippen molar-refractivity contribution in [1.29, 1.82) is 0 Å². The normalized spacial score (nSPS) is 12.0. The van der Waals surface area contributed by atoms with E-state index in [1.54, 1.807) is 48.5 Å². The molecule has 5 nitrogen and oxygen atoms in total. The van der Waals surface area contributed by atoms with E-state index in [0.717, 1.165) is 5.56 Å². The first kappa shape index (κ1) is 23.5. The van der Waals surface area contributed by atoms with Crippen molar-refractivity contribution in [2.24, 2.45) is 0 Å². The van der Waals surface area contributed by atoms with Crippen molar-refractivity contribution in [3.05, 3.63) is 88.9 Å². The summed E-state index contributed by atoms with van der Waals surface area (Å²) in [5, 5.41) is 0.640. The van der Waals surface area contributed by atoms with E-state index in [2.05, 4.69) is 20.8 Å². The van der Waals surface area contributed by atoms with Crippen LogP contribution in [0.4, 0.5) is 0 Å². The Morgan fingerprint density at radius 3 is 2.03 bits per heavy atom. The van der Waals surface area contributed by atoms with E-state index in [0.29, 0.717) is 27.8 Å². The van der Waals surface area contributed by atoms with Crippen molar-refractivity contribution in [2.45, 2.75) is 32.3 Å². The van der Waals surface area contributed by atoms with Crippen molar-refractivity contribution in [2.75, 3.05) is 13.9 Å². The molecule has 3 aromatic carbocycles. The lowest BCUT2D eigenvalue weighted by Gasteiger charge is -2.22. The zero-order valence-corrected chi connectivity index (χ0v) is 19.4. The second-order valence-corrected chi connectivity index (χ2v) is 8.66. The van der Waals surface area contributed by atoms with Crippen LogP contribution in [0.15, 0.2) is 72.8 Å². The molecule has 0 aliphatic rings. The molecule has 0 aromatic heterocycles. The summed E-state index contributed by atoms with van der Waals surface area (Å²) in [7, 11) is 1.34. The van der Waals surface area contributed by atoms with E-state index in [9.17, 15) is 4.79 Å². The Bertz CT molecular complexity index is 1020. The highest BCUT2D eigenvalue weighted by Crippen LogP contribution is 2.29. The van der Waals surface area contributed by atoms with Gasteiger partial charge in [0.15, 0.2) is 0 Å². The van der Waals surface area contributed by atoms with Gasteiger partial charge in [0.05, 0.1) is 7.11 Å². The van der Waals surface area contributed by atoms with Gasteiger partial charge in [0.2, 0.25) is 12.9 Å². The summed E-state index contributed by atoms with van der Waals surface area (Å²) in [4.78, 5) is 12.4. The van der Waals surface area contributed by atoms with Gasteiger partial charge in [0.1, 0.15) is 17.2 Å². The summed E-state index contributed by atoms with van der Waals surface area (Å²) in [6, 6.07) is 21.8. The Morgan fingerprint density at radius 2 is 1.47 bits per heavy atom. The molecule has 0 radical (unpaired) electrons. The molecular formula is C26H27ClO5. The van der Waals surface area contributed by atoms with E-state index >= 15 is 0 Å². The molecule has 1 unspecified atom stereocenters. The number of hydrogen-bond donors (Lipinski definition) is 0. The molecule has 3 rings (SSSR count). The predicted molar refractivity (Wildman–Crippen MR) is 125 cm³/mol. The number of esters is 1. The SMILES string of the molecule is COC(=O)C(Oc1cccc(C(C)(C)C)c1)c1ccc(OCOc2ccc(Cl)cc2)cc1. The Kier molecular flexibility index (Phi) is 7.65. The molecule has 0 fully saturated rings. The second-order valence-electron chi connectivity index (χ2n) is 8.23. The molecule has 0 bridgehead atoms. The largest absolute Gasteiger partial charge is 0.474 e. The zero-order valence-electron chi connectivity index (χ0n) is 18.6. The standard InChI is InChI=1S/C26H27ClO5/c1-26(2,3)19-6-5-7-23(16-19)32-24(25(28)29-4)18-8-12-21(13-9-18)30-17-31-22-14-10-20(27)11-15-22/h5-16,24H,17H2,1-4H3. The van der Waals surface area contributed by atoms with E-state index in [-0.39, 0.29) is 12.2 Å². The van der Waals surface area contributed by atoms with Crippen molar-refractivity contribution in [3.8, 4) is 17.2 Å². The summed E-state index contributed by atoms with van der Waals surface area (Å²) < 4.78 is 22.1. The minimum absolute atomic E-state index is 0.0345. The Hall–Kier alpha value is -3.18. The summed E-state index contributed by atoms with van der Waals surface area (Å²) in [6.45, 7) is 6.41. The third kappa shape index (κ3) is 6.41. The molecule has 32 heavy (non-hydrogen) atoms. The summed E-state index contributed by atoms with van der Waals surface area (Å²) in [5.41, 5.74) is 1.74. The van der Waals surface area contributed by atoms with Crippen LogP contribution in [0.1, 0.15) is 38.0 Å².